The SMILES string of the molecule is COc1ccc(N2C(=O)[C@@H]3[C@H]4C[C@@H]([C@@H]3C2=O)[C@@H]2[C@@H](c3ccc(OC)c(OC)c3)c3sc(=O)[nH]c3S[C@@H]42)cc1. The van der Waals surface area contributed by atoms with Crippen LogP contribution in [0.4, 0.5) is 5.69 Å². The van der Waals surface area contributed by atoms with Gasteiger partial charge < -0.3 is 19.2 Å². The van der Waals surface area contributed by atoms with Gasteiger partial charge in [0.25, 0.3) is 0 Å². The van der Waals surface area contributed by atoms with Crippen LogP contribution in [0.2, 0.25) is 0 Å². The number of thioether (sulfide) groups is 1. The molecule has 1 N–H and O–H groups in total. The lowest BCUT2D eigenvalue weighted by molar-refractivity contribution is -0.123. The molecule has 2 aromatic carbocycles. The van der Waals surface area contributed by atoms with Crippen LogP contribution in [0.5, 0.6) is 17.2 Å². The molecule has 1 aromatic heterocycles. The van der Waals surface area contributed by atoms with Gasteiger partial charge in [0.15, 0.2) is 11.5 Å². The number of nitrogens with one attached hydrogen (secondary N) is 1. The van der Waals surface area contributed by atoms with Crippen molar-refractivity contribution in [3.8, 4) is 17.2 Å². The van der Waals surface area contributed by atoms with Crippen molar-refractivity contribution >= 4 is 40.6 Å². The number of fused-ring (bicyclic) bond motifs is 9. The molecule has 2 aliphatic carbocycles. The molecule has 0 spiro atoms. The number of amides is 2. The Labute approximate surface area is 227 Å². The second kappa shape index (κ2) is 8.64. The fraction of sp³-hybridized carbons (Fsp3) is 0.393. The number of hydrogen-bond donors (Lipinski definition) is 1. The molecule has 7 atom stereocenters. The van der Waals surface area contributed by atoms with Gasteiger partial charge >= 0.3 is 4.87 Å². The van der Waals surface area contributed by atoms with Gasteiger partial charge in [-0.05, 0) is 66.1 Å². The fourth-order valence-electron chi connectivity index (χ4n) is 7.42. The van der Waals surface area contributed by atoms with Crippen LogP contribution in [0.1, 0.15) is 22.8 Å². The number of hydrogen-bond acceptors (Lipinski definition) is 8. The lowest BCUT2D eigenvalue weighted by Crippen LogP contribution is -2.42. The minimum absolute atomic E-state index is 0.0469. The van der Waals surface area contributed by atoms with Gasteiger partial charge in [-0.2, -0.15) is 0 Å². The third kappa shape index (κ3) is 3.19. The molecule has 196 valence electrons. The smallest absolute Gasteiger partial charge is 0.305 e. The van der Waals surface area contributed by atoms with E-state index in [0.717, 1.165) is 21.9 Å². The predicted octanol–water partition coefficient (Wildman–Crippen LogP) is 4.14. The molecule has 3 heterocycles. The number of thiazole rings is 1. The minimum Gasteiger partial charge on any atom is -0.497 e. The number of benzene rings is 2. The third-order valence-corrected chi connectivity index (χ3v) is 11.4. The lowest BCUT2D eigenvalue weighted by Gasteiger charge is -2.43. The summed E-state index contributed by atoms with van der Waals surface area (Å²) in [5.41, 5.74) is 1.62. The largest absolute Gasteiger partial charge is 0.497 e. The molecule has 4 aliphatic rings. The van der Waals surface area contributed by atoms with Crippen molar-refractivity contribution in [1.82, 2.24) is 4.98 Å². The number of aromatic amines is 1. The summed E-state index contributed by atoms with van der Waals surface area (Å²) in [6, 6.07) is 13.0. The summed E-state index contributed by atoms with van der Waals surface area (Å²) in [5, 5.41) is 1.01. The summed E-state index contributed by atoms with van der Waals surface area (Å²) in [4.78, 5) is 45.4. The molecule has 3 fully saturated rings. The number of rotatable bonds is 5. The van der Waals surface area contributed by atoms with Crippen molar-refractivity contribution < 1.29 is 23.8 Å². The third-order valence-electron chi connectivity index (χ3n) is 8.82. The molecule has 2 saturated carbocycles. The number of carbonyl (C=O) groups excluding carboxylic acids is 2. The van der Waals surface area contributed by atoms with E-state index in [1.807, 2.05) is 18.2 Å². The summed E-state index contributed by atoms with van der Waals surface area (Å²) in [5.74, 6) is 1.20. The minimum atomic E-state index is -0.351. The van der Waals surface area contributed by atoms with Crippen LogP contribution in [0.25, 0.3) is 0 Å². The van der Waals surface area contributed by atoms with E-state index in [-0.39, 0.29) is 57.4 Å². The molecule has 10 heteroatoms. The number of nitrogens with zero attached hydrogens (tertiary/aromatic N) is 1. The standard InChI is InChI=1S/C28H26N2O6S2/c1-34-14-7-5-13(6-8-14)30-26(31)21-15-11-16(22(21)27(30)32)23-20(15)19(24-25(37-23)29-28(33)38-24)12-4-9-17(35-2)18(10-12)36-3/h4-10,15-16,19-23H,11H2,1-3H3,(H,29,33)/t15-,16-,19-,20-,21+,22-,23+/m1/s1. The first-order valence-corrected chi connectivity index (χ1v) is 14.3. The highest BCUT2D eigenvalue weighted by molar-refractivity contribution is 8.00. The van der Waals surface area contributed by atoms with Gasteiger partial charge in [0.05, 0.1) is 43.9 Å². The Morgan fingerprint density at radius 3 is 2.26 bits per heavy atom. The Kier molecular flexibility index (Phi) is 5.42. The fourth-order valence-corrected chi connectivity index (χ4v) is 10.3. The number of anilines is 1. The van der Waals surface area contributed by atoms with E-state index in [4.69, 9.17) is 14.2 Å². The normalized spacial score (nSPS) is 30.7. The Bertz CT molecular complexity index is 1510. The van der Waals surface area contributed by atoms with Crippen molar-refractivity contribution in [2.45, 2.75) is 22.6 Å². The molecule has 0 radical (unpaired) electrons. The molecule has 2 amide bonds. The van der Waals surface area contributed by atoms with Gasteiger partial charge in [-0.15, -0.1) is 11.8 Å². The number of aromatic nitrogens is 1. The molecule has 38 heavy (non-hydrogen) atoms. The molecular weight excluding hydrogens is 524 g/mol. The molecular formula is C28H26N2O6S2. The van der Waals surface area contributed by atoms with Gasteiger partial charge in [-0.3, -0.25) is 19.3 Å². The number of H-pyrrole nitrogens is 1. The summed E-state index contributed by atoms with van der Waals surface area (Å²) in [6.07, 6.45) is 0.842. The topological polar surface area (TPSA) is 97.9 Å². The Morgan fingerprint density at radius 1 is 0.868 bits per heavy atom. The van der Waals surface area contributed by atoms with E-state index in [1.54, 1.807) is 57.4 Å². The first-order chi connectivity index (χ1) is 18.4. The highest BCUT2D eigenvalue weighted by Crippen LogP contribution is 2.68. The summed E-state index contributed by atoms with van der Waals surface area (Å²) >= 11 is 2.92. The average Bonchev–Trinajstić information content (AvgIpc) is 3.67. The van der Waals surface area contributed by atoms with E-state index in [1.165, 1.54) is 16.2 Å². The zero-order valence-electron chi connectivity index (χ0n) is 21.0. The van der Waals surface area contributed by atoms with Crippen molar-refractivity contribution in [3.05, 3.63) is 62.6 Å². The van der Waals surface area contributed by atoms with Gasteiger partial charge in [0.1, 0.15) is 5.75 Å². The monoisotopic (exact) mass is 550 g/mol. The first-order valence-electron chi connectivity index (χ1n) is 12.6. The zero-order valence-corrected chi connectivity index (χ0v) is 22.6. The average molecular weight is 551 g/mol. The second-order valence-electron chi connectivity index (χ2n) is 10.3. The molecule has 8 nitrogen and oxygen atoms in total. The highest BCUT2D eigenvalue weighted by Gasteiger charge is 2.69. The summed E-state index contributed by atoms with van der Waals surface area (Å²) in [6.45, 7) is 0. The quantitative estimate of drug-likeness (QED) is 0.477. The van der Waals surface area contributed by atoms with Crippen LogP contribution < -0.4 is 24.0 Å². The van der Waals surface area contributed by atoms with Crippen LogP contribution in [0.15, 0.2) is 52.3 Å². The predicted molar refractivity (Wildman–Crippen MR) is 144 cm³/mol. The molecule has 3 aromatic rings. The first kappa shape index (κ1) is 23.8. The number of methoxy groups -OCH3 is 3. The van der Waals surface area contributed by atoms with Crippen LogP contribution in [-0.4, -0.2) is 43.4 Å². The maximum absolute atomic E-state index is 13.9. The van der Waals surface area contributed by atoms with E-state index in [2.05, 4.69) is 4.98 Å². The van der Waals surface area contributed by atoms with Gasteiger partial charge in [0, 0.05) is 16.0 Å². The maximum atomic E-state index is 13.9. The number of ether oxygens (including phenoxy) is 3. The van der Waals surface area contributed by atoms with Crippen molar-refractivity contribution in [2.24, 2.45) is 29.6 Å². The van der Waals surface area contributed by atoms with Crippen molar-refractivity contribution in [2.75, 3.05) is 26.2 Å². The van der Waals surface area contributed by atoms with Crippen molar-refractivity contribution in [1.29, 1.82) is 0 Å². The van der Waals surface area contributed by atoms with Gasteiger partial charge in [0.2, 0.25) is 11.8 Å². The molecule has 7 rings (SSSR count). The Balaban J connectivity index is 1.31. The van der Waals surface area contributed by atoms with E-state index >= 15 is 0 Å². The van der Waals surface area contributed by atoms with Crippen LogP contribution >= 0.6 is 23.1 Å². The summed E-state index contributed by atoms with van der Waals surface area (Å²) < 4.78 is 16.3. The number of carbonyl (C=O) groups is 2. The van der Waals surface area contributed by atoms with E-state index < -0.39 is 0 Å². The van der Waals surface area contributed by atoms with E-state index in [0.29, 0.717) is 22.9 Å². The van der Waals surface area contributed by atoms with Crippen LogP contribution in [-0.2, 0) is 9.59 Å². The zero-order chi connectivity index (χ0) is 26.3. The van der Waals surface area contributed by atoms with E-state index in [9.17, 15) is 14.4 Å². The van der Waals surface area contributed by atoms with Gasteiger partial charge in [-0.1, -0.05) is 17.4 Å². The second-order valence-corrected chi connectivity index (χ2v) is 12.5. The van der Waals surface area contributed by atoms with Crippen LogP contribution in [0, 0.1) is 29.6 Å². The Hall–Kier alpha value is -3.24. The molecule has 2 aliphatic heterocycles. The van der Waals surface area contributed by atoms with Gasteiger partial charge in [-0.25, -0.2) is 0 Å². The molecule has 2 bridgehead atoms. The Morgan fingerprint density at radius 2 is 1.58 bits per heavy atom. The molecule has 1 saturated heterocycles. The maximum Gasteiger partial charge on any atom is 0.305 e. The highest BCUT2D eigenvalue weighted by atomic mass is 32.2. The summed E-state index contributed by atoms with van der Waals surface area (Å²) in [7, 11) is 4.80. The lowest BCUT2D eigenvalue weighted by atomic mass is 9.68. The molecule has 0 unspecified atom stereocenters. The number of imide groups is 1. The van der Waals surface area contributed by atoms with Crippen molar-refractivity contribution in [3.63, 3.8) is 0 Å². The van der Waals surface area contributed by atoms with Crippen LogP contribution in [0.3, 0.4) is 0 Å².